The molecule has 2 N–H and O–H groups in total. The first-order valence-corrected chi connectivity index (χ1v) is 10.4. The van der Waals surface area contributed by atoms with Crippen molar-refractivity contribution < 1.29 is 14.4 Å². The Balaban J connectivity index is 1.22. The van der Waals surface area contributed by atoms with Gasteiger partial charge in [-0.05, 0) is 37.1 Å². The topological polar surface area (TPSA) is 109 Å². The van der Waals surface area contributed by atoms with Gasteiger partial charge in [-0.3, -0.25) is 18.8 Å². The van der Waals surface area contributed by atoms with Crippen LogP contribution in [0.1, 0.15) is 41.4 Å². The largest absolute Gasteiger partial charge is 0.343 e. The van der Waals surface area contributed by atoms with Crippen LogP contribution in [0.2, 0.25) is 0 Å². The van der Waals surface area contributed by atoms with Gasteiger partial charge >= 0.3 is 0 Å². The van der Waals surface area contributed by atoms with Gasteiger partial charge in [0, 0.05) is 25.2 Å². The first-order valence-electron chi connectivity index (χ1n) is 10.4. The highest BCUT2D eigenvalue weighted by molar-refractivity contribution is 6.10. The lowest BCUT2D eigenvalue weighted by molar-refractivity contribution is -0.134. The molecule has 1 fully saturated rings. The quantitative estimate of drug-likeness (QED) is 0.671. The fourth-order valence-electron chi connectivity index (χ4n) is 4.28. The normalized spacial score (nSPS) is 19.5. The van der Waals surface area contributed by atoms with Crippen LogP contribution in [-0.4, -0.2) is 56.4 Å². The summed E-state index contributed by atoms with van der Waals surface area (Å²) in [7, 11) is 0. The van der Waals surface area contributed by atoms with Crippen molar-refractivity contribution in [2.24, 2.45) is 0 Å². The third kappa shape index (κ3) is 3.63. The number of amides is 3. The Morgan fingerprint density at radius 2 is 1.81 bits per heavy atom. The van der Waals surface area contributed by atoms with Gasteiger partial charge in [0.05, 0.1) is 17.7 Å². The molecule has 1 unspecified atom stereocenters. The molecule has 0 radical (unpaired) electrons. The summed E-state index contributed by atoms with van der Waals surface area (Å²) < 4.78 is 1.99. The fraction of sp³-hybridized carbons (Fsp3) is 0.318. The minimum Gasteiger partial charge on any atom is -0.343 e. The van der Waals surface area contributed by atoms with Crippen molar-refractivity contribution >= 4 is 29.1 Å². The number of fused-ring (bicyclic) bond motifs is 2. The minimum absolute atomic E-state index is 0.0654. The average Bonchev–Trinajstić information content (AvgIpc) is 3.18. The second kappa shape index (κ2) is 7.82. The van der Waals surface area contributed by atoms with Crippen LogP contribution in [0.4, 0.5) is 5.69 Å². The molecule has 0 aliphatic carbocycles. The highest BCUT2D eigenvalue weighted by atomic mass is 16.2. The van der Waals surface area contributed by atoms with Crippen molar-refractivity contribution in [3.63, 3.8) is 0 Å². The SMILES string of the molecule is O=C1NC(CC(=O)N2CCC(c3nnc4ccccn34)CC2)C(=O)Nc2ccccc21. The molecule has 4 heterocycles. The summed E-state index contributed by atoms with van der Waals surface area (Å²) in [6.07, 6.45) is 3.43. The standard InChI is InChI=1S/C22H22N6O3/c29-19(13-17-22(31)23-16-6-2-1-5-15(16)21(30)24-17)27-11-8-14(9-12-27)20-26-25-18-7-3-4-10-28(18)20/h1-7,10,14,17H,8-9,11-13H2,(H,23,31)(H,24,30). The van der Waals surface area contributed by atoms with Crippen LogP contribution < -0.4 is 10.6 Å². The number of piperidine rings is 1. The summed E-state index contributed by atoms with van der Waals surface area (Å²) in [6, 6.07) is 11.7. The molecule has 1 aromatic carbocycles. The number of rotatable bonds is 3. The van der Waals surface area contributed by atoms with E-state index < -0.39 is 6.04 Å². The number of aromatic nitrogens is 3. The Hall–Kier alpha value is -3.75. The van der Waals surface area contributed by atoms with Crippen molar-refractivity contribution in [2.45, 2.75) is 31.2 Å². The maximum Gasteiger partial charge on any atom is 0.254 e. The number of likely N-dealkylation sites (tertiary alicyclic amines) is 1. The Labute approximate surface area is 178 Å². The van der Waals surface area contributed by atoms with E-state index in [9.17, 15) is 14.4 Å². The summed E-state index contributed by atoms with van der Waals surface area (Å²) in [6.45, 7) is 1.15. The predicted molar refractivity (Wildman–Crippen MR) is 112 cm³/mol. The second-order valence-corrected chi connectivity index (χ2v) is 7.91. The highest BCUT2D eigenvalue weighted by Crippen LogP contribution is 2.27. The molecule has 2 aromatic heterocycles. The molecule has 3 aromatic rings. The Morgan fingerprint density at radius 1 is 1.03 bits per heavy atom. The molecule has 2 aliphatic heterocycles. The van der Waals surface area contributed by atoms with Crippen molar-refractivity contribution in [1.82, 2.24) is 24.8 Å². The molecule has 1 saturated heterocycles. The van der Waals surface area contributed by atoms with Crippen molar-refractivity contribution in [3.8, 4) is 0 Å². The summed E-state index contributed by atoms with van der Waals surface area (Å²) in [5.41, 5.74) is 1.67. The van der Waals surface area contributed by atoms with Gasteiger partial charge in [0.1, 0.15) is 11.9 Å². The van der Waals surface area contributed by atoms with E-state index in [0.29, 0.717) is 24.3 Å². The zero-order chi connectivity index (χ0) is 21.4. The smallest absolute Gasteiger partial charge is 0.254 e. The van der Waals surface area contributed by atoms with Gasteiger partial charge in [-0.15, -0.1) is 10.2 Å². The zero-order valence-electron chi connectivity index (χ0n) is 16.8. The number of benzene rings is 1. The van der Waals surface area contributed by atoms with Gasteiger partial charge < -0.3 is 15.5 Å². The number of nitrogens with one attached hydrogen (secondary N) is 2. The molecule has 158 valence electrons. The van der Waals surface area contributed by atoms with Crippen LogP contribution in [-0.2, 0) is 9.59 Å². The third-order valence-corrected chi connectivity index (χ3v) is 5.98. The zero-order valence-corrected chi connectivity index (χ0v) is 16.8. The van der Waals surface area contributed by atoms with E-state index in [1.54, 1.807) is 29.2 Å². The first-order chi connectivity index (χ1) is 15.1. The van der Waals surface area contributed by atoms with Gasteiger partial charge in [-0.2, -0.15) is 0 Å². The molecule has 2 aliphatic rings. The number of para-hydroxylation sites is 1. The molecule has 1 atom stereocenters. The second-order valence-electron chi connectivity index (χ2n) is 7.91. The van der Waals surface area contributed by atoms with E-state index in [2.05, 4.69) is 20.8 Å². The van der Waals surface area contributed by atoms with Crippen LogP contribution in [0.3, 0.4) is 0 Å². The van der Waals surface area contributed by atoms with Crippen molar-refractivity contribution in [3.05, 3.63) is 60.0 Å². The molecule has 3 amide bonds. The summed E-state index contributed by atoms with van der Waals surface area (Å²) >= 11 is 0. The summed E-state index contributed by atoms with van der Waals surface area (Å²) in [5, 5.41) is 14.0. The number of carbonyl (C=O) groups excluding carboxylic acids is 3. The van der Waals surface area contributed by atoms with E-state index in [1.165, 1.54) is 0 Å². The average molecular weight is 418 g/mol. The summed E-state index contributed by atoms with van der Waals surface area (Å²) in [5.74, 6) is 0.254. The van der Waals surface area contributed by atoms with Gasteiger partial charge in [0.25, 0.3) is 5.91 Å². The van der Waals surface area contributed by atoms with E-state index in [-0.39, 0.29) is 30.1 Å². The lowest BCUT2D eigenvalue weighted by Crippen LogP contribution is -2.46. The number of hydrogen-bond donors (Lipinski definition) is 2. The lowest BCUT2D eigenvalue weighted by atomic mass is 9.95. The van der Waals surface area contributed by atoms with Crippen molar-refractivity contribution in [1.29, 1.82) is 0 Å². The molecule has 0 spiro atoms. The molecule has 0 bridgehead atoms. The molecular weight excluding hydrogens is 396 g/mol. The first kappa shape index (κ1) is 19.2. The van der Waals surface area contributed by atoms with Gasteiger partial charge in [-0.1, -0.05) is 18.2 Å². The van der Waals surface area contributed by atoms with Crippen LogP contribution in [0.15, 0.2) is 48.7 Å². The van der Waals surface area contributed by atoms with Crippen LogP contribution in [0, 0.1) is 0 Å². The number of pyridine rings is 1. The fourth-order valence-corrected chi connectivity index (χ4v) is 4.28. The Kier molecular flexibility index (Phi) is 4.85. The minimum atomic E-state index is -0.898. The van der Waals surface area contributed by atoms with Crippen LogP contribution in [0.25, 0.3) is 5.65 Å². The number of hydrogen-bond acceptors (Lipinski definition) is 5. The van der Waals surface area contributed by atoms with E-state index in [4.69, 9.17) is 0 Å². The van der Waals surface area contributed by atoms with E-state index >= 15 is 0 Å². The molecular formula is C22H22N6O3. The van der Waals surface area contributed by atoms with E-state index in [1.807, 2.05) is 28.8 Å². The molecule has 31 heavy (non-hydrogen) atoms. The number of nitrogens with zero attached hydrogens (tertiary/aromatic N) is 4. The maximum absolute atomic E-state index is 12.9. The molecule has 9 heteroatoms. The maximum atomic E-state index is 12.9. The van der Waals surface area contributed by atoms with Crippen LogP contribution >= 0.6 is 0 Å². The lowest BCUT2D eigenvalue weighted by Gasteiger charge is -2.32. The van der Waals surface area contributed by atoms with Crippen molar-refractivity contribution in [2.75, 3.05) is 18.4 Å². The van der Waals surface area contributed by atoms with Gasteiger partial charge in [0.2, 0.25) is 11.8 Å². The monoisotopic (exact) mass is 418 g/mol. The number of anilines is 1. The third-order valence-electron chi connectivity index (χ3n) is 5.98. The van der Waals surface area contributed by atoms with Gasteiger partial charge in [-0.25, -0.2) is 0 Å². The van der Waals surface area contributed by atoms with Crippen LogP contribution in [0.5, 0.6) is 0 Å². The number of carbonyl (C=O) groups is 3. The highest BCUT2D eigenvalue weighted by Gasteiger charge is 2.32. The molecule has 0 saturated carbocycles. The van der Waals surface area contributed by atoms with E-state index in [0.717, 1.165) is 24.3 Å². The summed E-state index contributed by atoms with van der Waals surface area (Å²) in [4.78, 5) is 39.6. The Bertz CT molecular complexity index is 1160. The molecule has 5 rings (SSSR count). The Morgan fingerprint density at radius 3 is 2.65 bits per heavy atom. The predicted octanol–water partition coefficient (Wildman–Crippen LogP) is 1.58. The molecule has 9 nitrogen and oxygen atoms in total. The van der Waals surface area contributed by atoms with Gasteiger partial charge in [0.15, 0.2) is 5.65 Å².